The van der Waals surface area contributed by atoms with Crippen LogP contribution in [0, 0.1) is 12.7 Å². The number of carbonyl (C=O) groups is 2. The van der Waals surface area contributed by atoms with Crippen LogP contribution >= 0.6 is 11.3 Å². The zero-order chi connectivity index (χ0) is 14.0. The second kappa shape index (κ2) is 5.15. The minimum atomic E-state index is -1.21. The quantitative estimate of drug-likeness (QED) is 0.905. The van der Waals surface area contributed by atoms with Crippen LogP contribution in [0.15, 0.2) is 23.6 Å². The number of halogens is 1. The zero-order valence-corrected chi connectivity index (χ0v) is 10.6. The highest BCUT2D eigenvalue weighted by atomic mass is 32.1. The molecule has 1 heterocycles. The predicted molar refractivity (Wildman–Crippen MR) is 68.2 cm³/mol. The number of thiazole rings is 1. The van der Waals surface area contributed by atoms with E-state index in [-0.39, 0.29) is 16.4 Å². The highest BCUT2D eigenvalue weighted by molar-refractivity contribution is 7.12. The highest BCUT2D eigenvalue weighted by Gasteiger charge is 2.16. The maximum Gasteiger partial charge on any atom is 0.355 e. The van der Waals surface area contributed by atoms with Crippen molar-refractivity contribution in [2.75, 3.05) is 5.32 Å². The van der Waals surface area contributed by atoms with Gasteiger partial charge in [0.15, 0.2) is 10.7 Å². The van der Waals surface area contributed by atoms with E-state index < -0.39 is 17.7 Å². The van der Waals surface area contributed by atoms with Crippen LogP contribution in [0.2, 0.25) is 0 Å². The Morgan fingerprint density at radius 3 is 2.74 bits per heavy atom. The Bertz CT molecular complexity index is 654. The summed E-state index contributed by atoms with van der Waals surface area (Å²) in [6, 6.07) is 4.39. The van der Waals surface area contributed by atoms with E-state index in [1.165, 1.54) is 17.5 Å². The molecule has 0 saturated heterocycles. The van der Waals surface area contributed by atoms with Gasteiger partial charge in [-0.3, -0.25) is 4.79 Å². The molecule has 0 aliphatic heterocycles. The van der Waals surface area contributed by atoms with E-state index in [2.05, 4.69) is 10.3 Å². The molecule has 0 radical (unpaired) electrons. The van der Waals surface area contributed by atoms with Gasteiger partial charge >= 0.3 is 5.97 Å². The Labute approximate surface area is 111 Å². The second-order valence-electron chi connectivity index (χ2n) is 3.78. The summed E-state index contributed by atoms with van der Waals surface area (Å²) in [7, 11) is 0. The number of hydrogen-bond donors (Lipinski definition) is 2. The molecule has 98 valence electrons. The van der Waals surface area contributed by atoms with Crippen LogP contribution in [0.4, 0.5) is 10.1 Å². The first-order valence-corrected chi connectivity index (χ1v) is 6.11. The Kier molecular flexibility index (Phi) is 3.57. The van der Waals surface area contributed by atoms with Crippen molar-refractivity contribution in [3.8, 4) is 0 Å². The number of nitrogens with one attached hydrogen (secondary N) is 1. The fraction of sp³-hybridized carbons (Fsp3) is 0.0833. The maximum absolute atomic E-state index is 13.5. The molecule has 19 heavy (non-hydrogen) atoms. The monoisotopic (exact) mass is 280 g/mol. The third-order valence-corrected chi connectivity index (χ3v) is 3.13. The number of amides is 1. The van der Waals surface area contributed by atoms with Gasteiger partial charge in [0, 0.05) is 5.38 Å². The lowest BCUT2D eigenvalue weighted by molar-refractivity contribution is 0.0691. The molecule has 7 heteroatoms. The summed E-state index contributed by atoms with van der Waals surface area (Å²) in [5, 5.41) is 12.3. The van der Waals surface area contributed by atoms with E-state index in [0.717, 1.165) is 16.9 Å². The number of nitrogens with zero attached hydrogens (tertiary/aromatic N) is 1. The summed E-state index contributed by atoms with van der Waals surface area (Å²) in [4.78, 5) is 26.0. The second-order valence-corrected chi connectivity index (χ2v) is 4.64. The normalized spacial score (nSPS) is 10.2. The molecule has 1 aromatic carbocycles. The number of aromatic nitrogens is 1. The van der Waals surface area contributed by atoms with Gasteiger partial charge < -0.3 is 10.4 Å². The number of aryl methyl sites for hydroxylation is 1. The molecule has 0 spiro atoms. The van der Waals surface area contributed by atoms with Crippen LogP contribution < -0.4 is 5.32 Å². The van der Waals surface area contributed by atoms with Gasteiger partial charge in [-0.15, -0.1) is 11.3 Å². The molecule has 0 aliphatic rings. The van der Waals surface area contributed by atoms with Gasteiger partial charge in [0.25, 0.3) is 5.91 Å². The van der Waals surface area contributed by atoms with E-state index in [0.29, 0.717) is 0 Å². The molecule has 1 aromatic heterocycles. The number of anilines is 1. The molecule has 1 amide bonds. The van der Waals surface area contributed by atoms with Crippen molar-refractivity contribution >= 4 is 28.9 Å². The maximum atomic E-state index is 13.5. The molecule has 0 saturated carbocycles. The van der Waals surface area contributed by atoms with Crippen LogP contribution in [0.1, 0.15) is 25.9 Å². The minimum Gasteiger partial charge on any atom is -0.476 e. The van der Waals surface area contributed by atoms with Crippen molar-refractivity contribution in [2.45, 2.75) is 6.92 Å². The molecule has 2 rings (SSSR count). The molecule has 0 fully saturated rings. The number of carbonyl (C=O) groups excluding carboxylic acids is 1. The predicted octanol–water partition coefficient (Wildman–Crippen LogP) is 2.54. The van der Waals surface area contributed by atoms with Crippen LogP contribution in [-0.2, 0) is 0 Å². The van der Waals surface area contributed by atoms with E-state index in [9.17, 15) is 14.0 Å². The van der Waals surface area contributed by atoms with Gasteiger partial charge in [-0.1, -0.05) is 6.07 Å². The summed E-state index contributed by atoms with van der Waals surface area (Å²) < 4.78 is 13.5. The lowest BCUT2D eigenvalue weighted by atomic mass is 10.2. The number of aromatic carboxylic acids is 1. The first kappa shape index (κ1) is 13.2. The van der Waals surface area contributed by atoms with Crippen LogP contribution in [0.5, 0.6) is 0 Å². The summed E-state index contributed by atoms with van der Waals surface area (Å²) in [5.74, 6) is -2.40. The van der Waals surface area contributed by atoms with Gasteiger partial charge in [0.05, 0.1) is 5.69 Å². The first-order valence-electron chi connectivity index (χ1n) is 5.23. The molecule has 0 unspecified atom stereocenters. The van der Waals surface area contributed by atoms with Gasteiger partial charge in [0.1, 0.15) is 5.82 Å². The Morgan fingerprint density at radius 1 is 1.42 bits per heavy atom. The number of hydrogen-bond acceptors (Lipinski definition) is 4. The number of carboxylic acid groups (broad SMARTS) is 1. The summed E-state index contributed by atoms with van der Waals surface area (Å²) >= 11 is 0.888. The zero-order valence-electron chi connectivity index (χ0n) is 9.81. The third-order valence-electron chi connectivity index (χ3n) is 2.29. The van der Waals surface area contributed by atoms with Crippen molar-refractivity contribution in [3.05, 3.63) is 45.7 Å². The fourth-order valence-corrected chi connectivity index (χ4v) is 2.06. The minimum absolute atomic E-state index is 0.0302. The standard InChI is InChI=1S/C12H9FN2O3S/c1-6-2-3-8(7(13)4-6)14-10(16)11-15-9(5-19-11)12(17)18/h2-5H,1H3,(H,14,16)(H,17,18). The van der Waals surface area contributed by atoms with Crippen molar-refractivity contribution in [1.82, 2.24) is 4.98 Å². The van der Waals surface area contributed by atoms with E-state index in [1.54, 1.807) is 13.0 Å². The Balaban J connectivity index is 2.18. The van der Waals surface area contributed by atoms with E-state index >= 15 is 0 Å². The van der Waals surface area contributed by atoms with Crippen molar-refractivity contribution in [1.29, 1.82) is 0 Å². The molecule has 0 atom stereocenters. The molecular formula is C12H9FN2O3S. The van der Waals surface area contributed by atoms with Gasteiger partial charge in [-0.25, -0.2) is 14.2 Å². The smallest absolute Gasteiger partial charge is 0.355 e. The van der Waals surface area contributed by atoms with Gasteiger partial charge in [0.2, 0.25) is 0 Å². The third kappa shape index (κ3) is 2.94. The summed E-state index contributed by atoms with van der Waals surface area (Å²) in [5.41, 5.74) is 0.556. The average Bonchev–Trinajstić information content (AvgIpc) is 2.82. The van der Waals surface area contributed by atoms with E-state index in [1.807, 2.05) is 0 Å². The Morgan fingerprint density at radius 2 is 2.16 bits per heavy atom. The lowest BCUT2D eigenvalue weighted by Gasteiger charge is -2.04. The topological polar surface area (TPSA) is 79.3 Å². The lowest BCUT2D eigenvalue weighted by Crippen LogP contribution is -2.13. The molecule has 2 N–H and O–H groups in total. The van der Waals surface area contributed by atoms with Gasteiger partial charge in [-0.2, -0.15) is 0 Å². The SMILES string of the molecule is Cc1ccc(NC(=O)c2nc(C(=O)O)cs2)c(F)c1. The summed E-state index contributed by atoms with van der Waals surface area (Å²) in [6.07, 6.45) is 0. The Hall–Kier alpha value is -2.28. The molecule has 0 aliphatic carbocycles. The molecule has 2 aromatic rings. The number of rotatable bonds is 3. The van der Waals surface area contributed by atoms with Crippen LogP contribution in [0.3, 0.4) is 0 Å². The van der Waals surface area contributed by atoms with Crippen molar-refractivity contribution in [3.63, 3.8) is 0 Å². The number of carboxylic acids is 1. The van der Waals surface area contributed by atoms with Crippen molar-refractivity contribution in [2.24, 2.45) is 0 Å². The molecule has 5 nitrogen and oxygen atoms in total. The van der Waals surface area contributed by atoms with Crippen LogP contribution in [-0.4, -0.2) is 22.0 Å². The summed E-state index contributed by atoms with van der Waals surface area (Å²) in [6.45, 7) is 1.73. The first-order chi connectivity index (χ1) is 8.97. The van der Waals surface area contributed by atoms with E-state index in [4.69, 9.17) is 5.11 Å². The molecular weight excluding hydrogens is 271 g/mol. The average molecular weight is 280 g/mol. The fourth-order valence-electron chi connectivity index (χ4n) is 1.37. The van der Waals surface area contributed by atoms with Crippen LogP contribution in [0.25, 0.3) is 0 Å². The number of benzene rings is 1. The highest BCUT2D eigenvalue weighted by Crippen LogP contribution is 2.17. The van der Waals surface area contributed by atoms with Gasteiger partial charge in [-0.05, 0) is 24.6 Å². The largest absolute Gasteiger partial charge is 0.476 e. The molecule has 0 bridgehead atoms. The van der Waals surface area contributed by atoms with Crippen molar-refractivity contribution < 1.29 is 19.1 Å².